The fourth-order valence-electron chi connectivity index (χ4n) is 2.95. The highest BCUT2D eigenvalue weighted by Crippen LogP contribution is 2.32. The van der Waals surface area contributed by atoms with E-state index in [2.05, 4.69) is 5.32 Å². The Morgan fingerprint density at radius 3 is 3.00 bits per heavy atom. The Kier molecular flexibility index (Phi) is 4.95. The summed E-state index contributed by atoms with van der Waals surface area (Å²) < 4.78 is 36.0. The first-order chi connectivity index (χ1) is 11.1. The highest BCUT2D eigenvalue weighted by atomic mass is 19.3. The number of likely N-dealkylation sites (tertiary alicyclic amines) is 1. The molecule has 2 heterocycles. The van der Waals surface area contributed by atoms with Crippen molar-refractivity contribution in [3.8, 4) is 11.5 Å². The molecule has 1 aromatic carbocycles. The van der Waals surface area contributed by atoms with Gasteiger partial charge in [-0.25, -0.2) is 8.78 Å². The first-order valence-corrected chi connectivity index (χ1v) is 7.77. The van der Waals surface area contributed by atoms with Crippen molar-refractivity contribution in [2.75, 3.05) is 26.4 Å². The van der Waals surface area contributed by atoms with Crippen LogP contribution in [0, 0.1) is 5.92 Å². The van der Waals surface area contributed by atoms with Crippen LogP contribution in [-0.4, -0.2) is 43.7 Å². The molecule has 1 saturated heterocycles. The van der Waals surface area contributed by atoms with Crippen LogP contribution in [0.25, 0.3) is 0 Å². The summed E-state index contributed by atoms with van der Waals surface area (Å²) in [5, 5.41) is 2.82. The zero-order chi connectivity index (χ0) is 16.2. The fourth-order valence-corrected chi connectivity index (χ4v) is 2.95. The Balaban J connectivity index is 1.46. The van der Waals surface area contributed by atoms with E-state index in [9.17, 15) is 13.6 Å². The molecule has 0 spiro atoms. The lowest BCUT2D eigenvalue weighted by molar-refractivity contribution is -0.123. The van der Waals surface area contributed by atoms with E-state index in [0.29, 0.717) is 37.4 Å². The monoisotopic (exact) mass is 326 g/mol. The van der Waals surface area contributed by atoms with E-state index in [-0.39, 0.29) is 25.8 Å². The number of halogens is 2. The van der Waals surface area contributed by atoms with Gasteiger partial charge in [-0.15, -0.1) is 0 Å². The summed E-state index contributed by atoms with van der Waals surface area (Å²) >= 11 is 0. The van der Waals surface area contributed by atoms with Gasteiger partial charge in [0.05, 0.1) is 6.54 Å². The molecule has 2 aliphatic heterocycles. The summed E-state index contributed by atoms with van der Waals surface area (Å²) in [7, 11) is 0. The molecular formula is C16H20F2N2O3. The second-order valence-electron chi connectivity index (χ2n) is 5.94. The highest BCUT2D eigenvalue weighted by Gasteiger charge is 2.27. The maximum Gasteiger partial charge on any atom is 0.242 e. The quantitative estimate of drug-likeness (QED) is 0.899. The summed E-state index contributed by atoms with van der Waals surface area (Å²) in [5.41, 5.74) is 0.909. The van der Waals surface area contributed by atoms with Crippen molar-refractivity contribution in [3.05, 3.63) is 23.8 Å². The molecule has 23 heavy (non-hydrogen) atoms. The van der Waals surface area contributed by atoms with E-state index in [1.807, 2.05) is 18.2 Å². The predicted octanol–water partition coefficient (Wildman–Crippen LogP) is 2.01. The van der Waals surface area contributed by atoms with Gasteiger partial charge in [0.1, 0.15) is 0 Å². The first kappa shape index (κ1) is 16.0. The number of benzene rings is 1. The number of nitrogens with zero attached hydrogens (tertiary/aromatic N) is 1. The van der Waals surface area contributed by atoms with Crippen LogP contribution in [0.2, 0.25) is 0 Å². The summed E-state index contributed by atoms with van der Waals surface area (Å²) in [5.74, 6) is 0.599. The molecule has 3 rings (SSSR count). The highest BCUT2D eigenvalue weighted by molar-refractivity contribution is 5.78. The van der Waals surface area contributed by atoms with Crippen LogP contribution >= 0.6 is 0 Å². The van der Waals surface area contributed by atoms with E-state index in [1.54, 1.807) is 4.90 Å². The van der Waals surface area contributed by atoms with E-state index in [4.69, 9.17) is 9.47 Å². The molecule has 7 heteroatoms. The van der Waals surface area contributed by atoms with Crippen molar-refractivity contribution >= 4 is 5.91 Å². The third kappa shape index (κ3) is 4.10. The van der Waals surface area contributed by atoms with Crippen molar-refractivity contribution in [2.45, 2.75) is 25.8 Å². The molecule has 0 bridgehead atoms. The predicted molar refractivity (Wildman–Crippen MR) is 79.6 cm³/mol. The number of ether oxygens (including phenoxy) is 2. The van der Waals surface area contributed by atoms with Crippen molar-refractivity contribution < 1.29 is 23.0 Å². The molecule has 0 saturated carbocycles. The van der Waals surface area contributed by atoms with Crippen LogP contribution in [0.1, 0.15) is 18.4 Å². The van der Waals surface area contributed by atoms with Gasteiger partial charge in [0.25, 0.3) is 0 Å². The van der Waals surface area contributed by atoms with Crippen molar-refractivity contribution in [3.63, 3.8) is 0 Å². The number of piperidine rings is 1. The Bertz CT molecular complexity index is 568. The van der Waals surface area contributed by atoms with Gasteiger partial charge >= 0.3 is 0 Å². The number of amides is 1. The Labute approximate surface area is 133 Å². The standard InChI is InChI=1S/C16H20F2N2O3/c17-16(18)12-2-1-5-20(8-12)9-15(21)19-7-11-3-4-13-14(6-11)23-10-22-13/h3-4,6,12,16H,1-2,5,7-10H2,(H,19,21). The number of nitrogens with one attached hydrogen (secondary N) is 1. The van der Waals surface area contributed by atoms with Gasteiger partial charge in [0.15, 0.2) is 11.5 Å². The molecule has 1 amide bonds. The largest absolute Gasteiger partial charge is 0.454 e. The molecule has 1 atom stereocenters. The maximum atomic E-state index is 12.8. The van der Waals surface area contributed by atoms with Gasteiger partial charge in [-0.05, 0) is 37.1 Å². The van der Waals surface area contributed by atoms with Crippen LogP contribution in [0.3, 0.4) is 0 Å². The lowest BCUT2D eigenvalue weighted by Crippen LogP contribution is -2.43. The second kappa shape index (κ2) is 7.12. The molecule has 2 aliphatic rings. The summed E-state index contributed by atoms with van der Waals surface area (Å²) in [6.45, 7) is 1.73. The normalized spacial score (nSPS) is 20.7. The average Bonchev–Trinajstić information content (AvgIpc) is 3.01. The molecular weight excluding hydrogens is 306 g/mol. The fraction of sp³-hybridized carbons (Fsp3) is 0.562. The third-order valence-electron chi connectivity index (χ3n) is 4.19. The van der Waals surface area contributed by atoms with Crippen LogP contribution in [0.5, 0.6) is 11.5 Å². The molecule has 1 N–H and O–H groups in total. The Hall–Kier alpha value is -1.89. The lowest BCUT2D eigenvalue weighted by Gasteiger charge is -2.31. The summed E-state index contributed by atoms with van der Waals surface area (Å²) in [4.78, 5) is 13.8. The molecule has 126 valence electrons. The number of fused-ring (bicyclic) bond motifs is 1. The number of rotatable bonds is 5. The minimum atomic E-state index is -2.31. The average molecular weight is 326 g/mol. The number of alkyl halides is 2. The smallest absolute Gasteiger partial charge is 0.242 e. The third-order valence-corrected chi connectivity index (χ3v) is 4.19. The Morgan fingerprint density at radius 2 is 2.17 bits per heavy atom. The molecule has 1 fully saturated rings. The topological polar surface area (TPSA) is 50.8 Å². The van der Waals surface area contributed by atoms with E-state index in [0.717, 1.165) is 5.56 Å². The van der Waals surface area contributed by atoms with Crippen molar-refractivity contribution in [1.82, 2.24) is 10.2 Å². The number of hydrogen-bond donors (Lipinski definition) is 1. The molecule has 0 aliphatic carbocycles. The second-order valence-corrected chi connectivity index (χ2v) is 5.94. The molecule has 1 aromatic rings. The van der Waals surface area contributed by atoms with E-state index >= 15 is 0 Å². The molecule has 0 radical (unpaired) electrons. The molecule has 0 aromatic heterocycles. The maximum absolute atomic E-state index is 12.8. The van der Waals surface area contributed by atoms with Crippen molar-refractivity contribution in [2.24, 2.45) is 5.92 Å². The van der Waals surface area contributed by atoms with Gasteiger partial charge in [-0.2, -0.15) is 0 Å². The van der Waals surface area contributed by atoms with Crippen LogP contribution in [0.4, 0.5) is 8.78 Å². The van der Waals surface area contributed by atoms with E-state index < -0.39 is 12.3 Å². The lowest BCUT2D eigenvalue weighted by atomic mass is 9.99. The minimum Gasteiger partial charge on any atom is -0.454 e. The number of carbonyl (C=O) groups is 1. The molecule has 5 nitrogen and oxygen atoms in total. The zero-order valence-corrected chi connectivity index (χ0v) is 12.8. The van der Waals surface area contributed by atoms with Crippen molar-refractivity contribution in [1.29, 1.82) is 0 Å². The minimum absolute atomic E-state index is 0.155. The van der Waals surface area contributed by atoms with Crippen LogP contribution in [0.15, 0.2) is 18.2 Å². The Morgan fingerprint density at radius 1 is 1.35 bits per heavy atom. The van der Waals surface area contributed by atoms with Gasteiger partial charge in [0.2, 0.25) is 19.1 Å². The first-order valence-electron chi connectivity index (χ1n) is 7.77. The van der Waals surface area contributed by atoms with E-state index in [1.165, 1.54) is 0 Å². The number of carbonyl (C=O) groups excluding carboxylic acids is 1. The van der Waals surface area contributed by atoms with Crippen LogP contribution in [-0.2, 0) is 11.3 Å². The summed E-state index contributed by atoms with van der Waals surface area (Å²) in [6, 6.07) is 5.50. The number of hydrogen-bond acceptors (Lipinski definition) is 4. The van der Waals surface area contributed by atoms with Gasteiger partial charge in [0, 0.05) is 19.0 Å². The molecule has 1 unspecified atom stereocenters. The van der Waals surface area contributed by atoms with Crippen LogP contribution < -0.4 is 14.8 Å². The zero-order valence-electron chi connectivity index (χ0n) is 12.8. The SMILES string of the molecule is O=C(CN1CCCC(C(F)F)C1)NCc1ccc2c(c1)OCO2. The van der Waals surface area contributed by atoms with Gasteiger partial charge in [-0.1, -0.05) is 6.07 Å². The van der Waals surface area contributed by atoms with Gasteiger partial charge in [-0.3, -0.25) is 9.69 Å². The van der Waals surface area contributed by atoms with Gasteiger partial charge < -0.3 is 14.8 Å². The summed E-state index contributed by atoms with van der Waals surface area (Å²) in [6.07, 6.45) is -1.06.